The van der Waals surface area contributed by atoms with Crippen LogP contribution in [0.3, 0.4) is 0 Å². The summed E-state index contributed by atoms with van der Waals surface area (Å²) in [6, 6.07) is 7.78. The predicted octanol–water partition coefficient (Wildman–Crippen LogP) is 4.00. The van der Waals surface area contributed by atoms with E-state index in [4.69, 9.17) is 14.6 Å². The third kappa shape index (κ3) is 17.1. The molecule has 0 radical (unpaired) electrons. The quantitative estimate of drug-likeness (QED) is 0.128. The topological polar surface area (TPSA) is 205 Å². The molecular formula is C36H50F5N3O10S2. The minimum absolute atomic E-state index is 0.0528. The maximum Gasteiger partial charge on any atom is 0.490 e. The van der Waals surface area contributed by atoms with E-state index >= 15 is 0 Å². The van der Waals surface area contributed by atoms with Crippen LogP contribution in [0.5, 0.6) is 0 Å². The van der Waals surface area contributed by atoms with Crippen LogP contribution in [-0.2, 0) is 53.4 Å². The molecule has 0 bridgehead atoms. The standard InChI is InChI=1S/C34H49F2N3O8S2.C2HF3O2/c1-4-8-29(9-5-2)49(45,46)22-31(39-34(42)47-28-12-13-48(43,44)21-28)33(41)38-30(17-25-15-26(35)18-27(36)16-25)32(40)20-37-19-24-11-7-10-23(6-3)14-24;3-2(4,5)1(6)7/h7,10-11,14-16,18,28-32,37,40H,4-6,8-9,12-13,17,19-22H2,1-3H3,(H,38,41)(H,39,42);(H,6,7)/t28-,30-,31-,32+;/m0./s1. The Hall–Kier alpha value is -3.88. The van der Waals surface area contributed by atoms with Crippen LogP contribution in [0.25, 0.3) is 0 Å². The van der Waals surface area contributed by atoms with Crippen LogP contribution in [0.4, 0.5) is 26.7 Å². The number of alkyl halides is 3. The largest absolute Gasteiger partial charge is 0.490 e. The van der Waals surface area contributed by atoms with Gasteiger partial charge in [0.1, 0.15) is 23.8 Å². The van der Waals surface area contributed by atoms with Crippen molar-refractivity contribution in [1.82, 2.24) is 16.0 Å². The SMILES string of the molecule is CCCC(CCC)S(=O)(=O)C[C@H](NC(=O)O[C@H]1CCS(=O)(=O)C1)C(=O)N[C@@H](Cc1cc(F)cc(F)c1)[C@H](O)CNCc1cccc(CC)c1.O=C(O)C(F)(F)F. The van der Waals surface area contributed by atoms with E-state index in [0.29, 0.717) is 38.3 Å². The molecule has 0 saturated carbocycles. The van der Waals surface area contributed by atoms with Gasteiger partial charge in [0.25, 0.3) is 0 Å². The lowest BCUT2D eigenvalue weighted by Gasteiger charge is -2.28. The van der Waals surface area contributed by atoms with Crippen molar-refractivity contribution in [1.29, 1.82) is 0 Å². The summed E-state index contributed by atoms with van der Waals surface area (Å²) in [6.07, 6.45) is -6.03. The van der Waals surface area contributed by atoms with Crippen LogP contribution in [0.15, 0.2) is 42.5 Å². The number of aliphatic hydroxyl groups excluding tert-OH is 1. The summed E-state index contributed by atoms with van der Waals surface area (Å²) in [5.41, 5.74) is 2.21. The summed E-state index contributed by atoms with van der Waals surface area (Å²) in [5.74, 6) is -6.79. The van der Waals surface area contributed by atoms with E-state index < -0.39 is 96.5 Å². The van der Waals surface area contributed by atoms with Crippen LogP contribution in [0.1, 0.15) is 69.6 Å². The molecule has 3 rings (SSSR count). The Morgan fingerprint density at radius 2 is 1.54 bits per heavy atom. The molecule has 1 fully saturated rings. The minimum atomic E-state index is -5.08. The van der Waals surface area contributed by atoms with Crippen molar-refractivity contribution in [3.8, 4) is 0 Å². The van der Waals surface area contributed by atoms with Gasteiger partial charge in [-0.05, 0) is 60.9 Å². The van der Waals surface area contributed by atoms with Crippen molar-refractivity contribution in [2.75, 3.05) is 23.8 Å². The molecule has 2 amide bonds. The van der Waals surface area contributed by atoms with Crippen LogP contribution < -0.4 is 16.0 Å². The Morgan fingerprint density at radius 1 is 0.946 bits per heavy atom. The lowest BCUT2D eigenvalue weighted by Crippen LogP contribution is -2.57. The maximum atomic E-state index is 14.1. The molecular weight excluding hydrogens is 794 g/mol. The molecule has 56 heavy (non-hydrogen) atoms. The van der Waals surface area contributed by atoms with Gasteiger partial charge in [-0.15, -0.1) is 0 Å². The number of carboxylic acid groups (broad SMARTS) is 1. The fourth-order valence-electron chi connectivity index (χ4n) is 5.90. The number of carbonyl (C=O) groups is 3. The summed E-state index contributed by atoms with van der Waals surface area (Å²) in [4.78, 5) is 35.6. The second-order valence-corrected chi connectivity index (χ2v) is 18.0. The zero-order chi connectivity index (χ0) is 42.3. The van der Waals surface area contributed by atoms with Gasteiger partial charge < -0.3 is 30.9 Å². The Labute approximate surface area is 323 Å². The predicted molar refractivity (Wildman–Crippen MR) is 197 cm³/mol. The van der Waals surface area contributed by atoms with Gasteiger partial charge in [0, 0.05) is 19.2 Å². The number of aliphatic carboxylic acids is 1. The summed E-state index contributed by atoms with van der Waals surface area (Å²) in [6.45, 7) is 6.02. The fraction of sp³-hybridized carbons (Fsp3) is 0.583. The number of hydrogen-bond acceptors (Lipinski definition) is 10. The number of hydrogen-bond donors (Lipinski definition) is 5. The van der Waals surface area contributed by atoms with Crippen LogP contribution in [-0.4, -0.2) is 105 Å². The molecule has 1 heterocycles. The van der Waals surface area contributed by atoms with Crippen LogP contribution >= 0.6 is 0 Å². The number of aliphatic hydroxyl groups is 1. The van der Waals surface area contributed by atoms with E-state index in [2.05, 4.69) is 16.0 Å². The lowest BCUT2D eigenvalue weighted by molar-refractivity contribution is -0.192. The van der Waals surface area contributed by atoms with Crippen molar-refractivity contribution >= 4 is 37.6 Å². The van der Waals surface area contributed by atoms with Crippen molar-refractivity contribution in [3.63, 3.8) is 0 Å². The number of sulfone groups is 2. The monoisotopic (exact) mass is 843 g/mol. The fourth-order valence-corrected chi connectivity index (χ4v) is 9.65. The molecule has 5 N–H and O–H groups in total. The molecule has 13 nitrogen and oxygen atoms in total. The minimum Gasteiger partial charge on any atom is -0.475 e. The highest BCUT2D eigenvalue weighted by Crippen LogP contribution is 2.19. The average Bonchev–Trinajstić information content (AvgIpc) is 3.44. The van der Waals surface area contributed by atoms with Gasteiger partial charge in [-0.1, -0.05) is 57.9 Å². The second-order valence-electron chi connectivity index (χ2n) is 13.4. The summed E-state index contributed by atoms with van der Waals surface area (Å²) >= 11 is 0. The Balaban J connectivity index is 0.00000141. The number of amides is 2. The van der Waals surface area contributed by atoms with Crippen LogP contribution in [0.2, 0.25) is 0 Å². The number of benzene rings is 2. The smallest absolute Gasteiger partial charge is 0.475 e. The molecule has 4 atom stereocenters. The maximum absolute atomic E-state index is 14.1. The molecule has 1 aliphatic heterocycles. The molecule has 316 valence electrons. The molecule has 0 aromatic heterocycles. The normalized spacial score (nSPS) is 16.9. The van der Waals surface area contributed by atoms with Crippen molar-refractivity contribution < 1.29 is 68.1 Å². The number of halogens is 5. The first-order chi connectivity index (χ1) is 26.1. The molecule has 2 aromatic carbocycles. The molecule has 0 spiro atoms. The number of nitrogens with one attached hydrogen (secondary N) is 3. The first-order valence-electron chi connectivity index (χ1n) is 18.0. The molecule has 1 saturated heterocycles. The van der Waals surface area contributed by atoms with Crippen molar-refractivity contribution in [3.05, 3.63) is 70.8 Å². The lowest BCUT2D eigenvalue weighted by atomic mass is 10.00. The summed E-state index contributed by atoms with van der Waals surface area (Å²) < 4.78 is 116. The van der Waals surface area contributed by atoms with Crippen molar-refractivity contribution in [2.45, 2.75) is 108 Å². The first kappa shape index (κ1) is 48.3. The highest BCUT2D eigenvalue weighted by molar-refractivity contribution is 7.92. The Bertz CT molecular complexity index is 1800. The number of carboxylic acids is 1. The van der Waals surface area contributed by atoms with Gasteiger partial charge in [0.15, 0.2) is 19.7 Å². The molecule has 20 heteroatoms. The Morgan fingerprint density at radius 3 is 2.05 bits per heavy atom. The zero-order valence-electron chi connectivity index (χ0n) is 31.3. The highest BCUT2D eigenvalue weighted by atomic mass is 32.2. The molecule has 0 unspecified atom stereocenters. The van der Waals surface area contributed by atoms with E-state index in [9.17, 15) is 53.5 Å². The average molecular weight is 844 g/mol. The van der Waals surface area contributed by atoms with E-state index in [1.54, 1.807) is 0 Å². The van der Waals surface area contributed by atoms with E-state index in [0.717, 1.165) is 29.7 Å². The number of ether oxygens (including phenoxy) is 1. The van der Waals surface area contributed by atoms with Gasteiger partial charge in [0.2, 0.25) is 5.91 Å². The second kappa shape index (κ2) is 22.2. The number of rotatable bonds is 19. The van der Waals surface area contributed by atoms with Crippen molar-refractivity contribution in [2.24, 2.45) is 0 Å². The van der Waals surface area contributed by atoms with Gasteiger partial charge in [-0.2, -0.15) is 13.2 Å². The van der Waals surface area contributed by atoms with Crippen LogP contribution in [0, 0.1) is 11.6 Å². The van der Waals surface area contributed by atoms with E-state index in [1.165, 1.54) is 0 Å². The molecule has 1 aliphatic rings. The number of alkyl carbamates (subject to hydrolysis) is 1. The number of aryl methyl sites for hydroxylation is 1. The van der Waals surface area contributed by atoms with E-state index in [1.807, 2.05) is 45.0 Å². The third-order valence-corrected chi connectivity index (χ3v) is 12.7. The van der Waals surface area contributed by atoms with Gasteiger partial charge in [-0.25, -0.2) is 35.2 Å². The van der Waals surface area contributed by atoms with E-state index in [-0.39, 0.29) is 30.7 Å². The number of carbonyl (C=O) groups excluding carboxylic acids is 2. The first-order valence-corrected chi connectivity index (χ1v) is 21.5. The highest BCUT2D eigenvalue weighted by Gasteiger charge is 2.38. The molecule has 2 aromatic rings. The van der Waals surface area contributed by atoms with Gasteiger partial charge in [-0.3, -0.25) is 4.79 Å². The van der Waals surface area contributed by atoms with Gasteiger partial charge in [0.05, 0.1) is 34.7 Å². The zero-order valence-corrected chi connectivity index (χ0v) is 32.9. The third-order valence-electron chi connectivity index (χ3n) is 8.70. The summed E-state index contributed by atoms with van der Waals surface area (Å²) in [5, 5.41) is 25.6. The molecule has 0 aliphatic carbocycles. The summed E-state index contributed by atoms with van der Waals surface area (Å²) in [7, 11) is -7.36. The Kier molecular flexibility index (Phi) is 19.1. The van der Waals surface area contributed by atoms with Gasteiger partial charge >= 0.3 is 18.2 Å².